The summed E-state index contributed by atoms with van der Waals surface area (Å²) in [5.41, 5.74) is 6.70. The SMILES string of the molecule is N#Cc1ccc(Cn2nccc2-c2cc3c(cc2Cl)nnn3-c2ccc3cn[nH]c3c2)cc1. The summed E-state index contributed by atoms with van der Waals surface area (Å²) in [7, 11) is 0. The zero-order valence-electron chi connectivity index (χ0n) is 17.1. The van der Waals surface area contributed by atoms with Crippen LogP contribution in [0.1, 0.15) is 11.1 Å². The van der Waals surface area contributed by atoms with Crippen LogP contribution in [0.3, 0.4) is 0 Å². The molecule has 0 amide bonds. The molecule has 0 bridgehead atoms. The Labute approximate surface area is 192 Å². The van der Waals surface area contributed by atoms with E-state index in [-0.39, 0.29) is 0 Å². The molecule has 33 heavy (non-hydrogen) atoms. The molecule has 3 heterocycles. The van der Waals surface area contributed by atoms with Crippen LogP contribution in [0.15, 0.2) is 73.1 Å². The summed E-state index contributed by atoms with van der Waals surface area (Å²) in [4.78, 5) is 0. The molecule has 6 rings (SSSR count). The summed E-state index contributed by atoms with van der Waals surface area (Å²) in [6, 6.07) is 21.3. The molecule has 8 nitrogen and oxygen atoms in total. The first kappa shape index (κ1) is 19.2. The van der Waals surface area contributed by atoms with Crippen molar-refractivity contribution in [1.82, 2.24) is 35.0 Å². The third-order valence-electron chi connectivity index (χ3n) is 5.61. The summed E-state index contributed by atoms with van der Waals surface area (Å²) in [5.74, 6) is 0. The summed E-state index contributed by atoms with van der Waals surface area (Å²) in [5, 5.41) is 30.8. The number of nitriles is 1. The van der Waals surface area contributed by atoms with Crippen molar-refractivity contribution in [1.29, 1.82) is 5.26 Å². The number of fused-ring (bicyclic) bond motifs is 2. The van der Waals surface area contributed by atoms with E-state index in [4.69, 9.17) is 16.9 Å². The van der Waals surface area contributed by atoms with Gasteiger partial charge in [0.2, 0.25) is 0 Å². The topological polar surface area (TPSA) is 101 Å². The van der Waals surface area contributed by atoms with E-state index in [0.717, 1.165) is 38.9 Å². The van der Waals surface area contributed by atoms with Crippen molar-refractivity contribution in [2.24, 2.45) is 0 Å². The van der Waals surface area contributed by atoms with Gasteiger partial charge in [-0.05, 0) is 54.1 Å². The number of nitrogens with one attached hydrogen (secondary N) is 1. The van der Waals surface area contributed by atoms with Crippen LogP contribution < -0.4 is 0 Å². The van der Waals surface area contributed by atoms with Crippen LogP contribution in [0.2, 0.25) is 5.02 Å². The van der Waals surface area contributed by atoms with E-state index in [1.807, 2.05) is 53.2 Å². The molecule has 6 aromatic rings. The average Bonchev–Trinajstić information content (AvgIpc) is 3.58. The third-order valence-corrected chi connectivity index (χ3v) is 5.92. The fraction of sp³-hybridized carbons (Fsp3) is 0.0417. The largest absolute Gasteiger partial charge is 0.278 e. The number of nitrogens with zero attached hydrogens (tertiary/aromatic N) is 7. The van der Waals surface area contributed by atoms with Crippen LogP contribution in [0.5, 0.6) is 0 Å². The number of rotatable bonds is 4. The number of hydrogen-bond acceptors (Lipinski definition) is 5. The van der Waals surface area contributed by atoms with Gasteiger partial charge < -0.3 is 0 Å². The number of aromatic amines is 1. The number of hydrogen-bond donors (Lipinski definition) is 1. The number of benzene rings is 3. The smallest absolute Gasteiger partial charge is 0.115 e. The molecular weight excluding hydrogens is 436 g/mol. The minimum Gasteiger partial charge on any atom is -0.278 e. The highest BCUT2D eigenvalue weighted by atomic mass is 35.5. The Morgan fingerprint density at radius 1 is 1.03 bits per heavy atom. The molecule has 0 saturated heterocycles. The fourth-order valence-electron chi connectivity index (χ4n) is 3.93. The number of halogens is 1. The minimum atomic E-state index is 0.552. The summed E-state index contributed by atoms with van der Waals surface area (Å²) in [6.07, 6.45) is 3.53. The van der Waals surface area contributed by atoms with Gasteiger partial charge >= 0.3 is 0 Å². The predicted octanol–water partition coefficient (Wildman–Crippen LogP) is 4.73. The minimum absolute atomic E-state index is 0.552. The highest BCUT2D eigenvalue weighted by Gasteiger charge is 2.16. The van der Waals surface area contributed by atoms with E-state index in [2.05, 4.69) is 31.7 Å². The second-order valence-corrected chi connectivity index (χ2v) is 8.05. The van der Waals surface area contributed by atoms with Crippen molar-refractivity contribution in [2.75, 3.05) is 0 Å². The molecule has 3 aromatic heterocycles. The Balaban J connectivity index is 1.43. The van der Waals surface area contributed by atoms with Gasteiger partial charge in [0.05, 0.1) is 51.8 Å². The maximum absolute atomic E-state index is 9.02. The van der Waals surface area contributed by atoms with Gasteiger partial charge in [0, 0.05) is 17.1 Å². The molecular formula is C24H15ClN8. The molecule has 158 valence electrons. The Kier molecular flexibility index (Phi) is 4.42. The van der Waals surface area contributed by atoms with Crippen molar-refractivity contribution >= 4 is 33.5 Å². The molecule has 0 aliphatic rings. The Morgan fingerprint density at radius 3 is 2.76 bits per heavy atom. The zero-order chi connectivity index (χ0) is 22.4. The summed E-state index contributed by atoms with van der Waals surface area (Å²) < 4.78 is 3.68. The molecule has 9 heteroatoms. The Bertz CT molecular complexity index is 1670. The van der Waals surface area contributed by atoms with E-state index < -0.39 is 0 Å². The van der Waals surface area contributed by atoms with Gasteiger partial charge in [0.1, 0.15) is 5.52 Å². The van der Waals surface area contributed by atoms with Gasteiger partial charge in [-0.3, -0.25) is 9.78 Å². The van der Waals surface area contributed by atoms with Gasteiger partial charge in [0.15, 0.2) is 0 Å². The van der Waals surface area contributed by atoms with Crippen LogP contribution in [0.25, 0.3) is 38.9 Å². The molecule has 0 aliphatic heterocycles. The molecule has 0 atom stereocenters. The summed E-state index contributed by atoms with van der Waals surface area (Å²) in [6.45, 7) is 0.552. The van der Waals surface area contributed by atoms with Gasteiger partial charge in [-0.1, -0.05) is 28.9 Å². The number of H-pyrrole nitrogens is 1. The second-order valence-electron chi connectivity index (χ2n) is 7.65. The molecule has 3 aromatic carbocycles. The van der Waals surface area contributed by atoms with E-state index in [0.29, 0.717) is 22.6 Å². The van der Waals surface area contributed by atoms with Crippen molar-refractivity contribution in [3.05, 3.63) is 89.2 Å². The van der Waals surface area contributed by atoms with Crippen LogP contribution in [-0.2, 0) is 6.54 Å². The lowest BCUT2D eigenvalue weighted by atomic mass is 10.1. The van der Waals surface area contributed by atoms with E-state index in [1.54, 1.807) is 29.2 Å². The van der Waals surface area contributed by atoms with Crippen LogP contribution in [-0.4, -0.2) is 35.0 Å². The Hall–Kier alpha value is -4.48. The van der Waals surface area contributed by atoms with Gasteiger partial charge in [-0.15, -0.1) is 5.10 Å². The fourth-order valence-corrected chi connectivity index (χ4v) is 4.19. The second kappa shape index (κ2) is 7.58. The lowest BCUT2D eigenvalue weighted by Gasteiger charge is -2.10. The molecule has 1 N–H and O–H groups in total. The summed E-state index contributed by atoms with van der Waals surface area (Å²) >= 11 is 6.66. The first-order valence-electron chi connectivity index (χ1n) is 10.2. The van der Waals surface area contributed by atoms with Crippen LogP contribution >= 0.6 is 11.6 Å². The highest BCUT2D eigenvalue weighted by molar-refractivity contribution is 6.34. The first-order valence-corrected chi connectivity index (χ1v) is 10.6. The molecule has 0 fully saturated rings. The van der Waals surface area contributed by atoms with Crippen molar-refractivity contribution in [3.63, 3.8) is 0 Å². The van der Waals surface area contributed by atoms with Crippen molar-refractivity contribution in [3.8, 4) is 23.0 Å². The normalized spacial score (nSPS) is 11.3. The first-order chi connectivity index (χ1) is 16.2. The lowest BCUT2D eigenvalue weighted by Crippen LogP contribution is -2.04. The molecule has 0 unspecified atom stereocenters. The Morgan fingerprint density at radius 2 is 1.91 bits per heavy atom. The van der Waals surface area contributed by atoms with Gasteiger partial charge in [0.25, 0.3) is 0 Å². The molecule has 0 radical (unpaired) electrons. The monoisotopic (exact) mass is 450 g/mol. The van der Waals surface area contributed by atoms with Crippen LogP contribution in [0, 0.1) is 11.3 Å². The highest BCUT2D eigenvalue weighted by Crippen LogP contribution is 2.33. The van der Waals surface area contributed by atoms with E-state index in [9.17, 15) is 0 Å². The molecule has 0 aliphatic carbocycles. The van der Waals surface area contributed by atoms with Gasteiger partial charge in [-0.25, -0.2) is 4.68 Å². The van der Waals surface area contributed by atoms with Crippen molar-refractivity contribution < 1.29 is 0 Å². The molecule has 0 saturated carbocycles. The maximum Gasteiger partial charge on any atom is 0.115 e. The van der Waals surface area contributed by atoms with E-state index >= 15 is 0 Å². The quantitative estimate of drug-likeness (QED) is 0.418. The predicted molar refractivity (Wildman–Crippen MR) is 125 cm³/mol. The van der Waals surface area contributed by atoms with Crippen molar-refractivity contribution in [2.45, 2.75) is 6.54 Å². The molecule has 0 spiro atoms. The third kappa shape index (κ3) is 3.32. The zero-order valence-corrected chi connectivity index (χ0v) is 17.9. The lowest BCUT2D eigenvalue weighted by molar-refractivity contribution is 0.694. The standard InChI is InChI=1S/C24H15ClN8/c25-20-11-22-24(33(31-30-22)18-6-5-17-13-27-29-21(17)9-18)10-19(20)23-7-8-28-32(23)14-16-3-1-15(12-26)2-4-16/h1-11,13H,14H2,(H,27,29). The van der Waals surface area contributed by atoms with Crippen LogP contribution in [0.4, 0.5) is 0 Å². The van der Waals surface area contributed by atoms with E-state index in [1.165, 1.54) is 0 Å². The number of aromatic nitrogens is 7. The van der Waals surface area contributed by atoms with Gasteiger partial charge in [-0.2, -0.15) is 15.5 Å². The average molecular weight is 451 g/mol. The maximum atomic E-state index is 9.02.